The van der Waals surface area contributed by atoms with E-state index >= 15 is 0 Å². The minimum atomic E-state index is 1.13. The summed E-state index contributed by atoms with van der Waals surface area (Å²) in [5, 5.41) is 2.75. The first kappa shape index (κ1) is 11.5. The van der Waals surface area contributed by atoms with Gasteiger partial charge >= 0.3 is 0 Å². The number of unbranched alkanes of at least 4 members (excludes halogenated alkanes) is 2. The number of fused-ring (bicyclic) bond motifs is 2. The third kappa shape index (κ3) is 2.08. The van der Waals surface area contributed by atoms with Crippen molar-refractivity contribution in [3.63, 3.8) is 0 Å². The summed E-state index contributed by atoms with van der Waals surface area (Å²) < 4.78 is 0. The second-order valence-corrected chi connectivity index (χ2v) is 5.25. The molecule has 92 valence electrons. The number of hydrogen-bond acceptors (Lipinski definition) is 0. The Morgan fingerprint density at radius 1 is 1.00 bits per heavy atom. The second kappa shape index (κ2) is 4.97. The van der Waals surface area contributed by atoms with Crippen LogP contribution in [0.2, 0.25) is 0 Å². The summed E-state index contributed by atoms with van der Waals surface area (Å²) in [5.41, 5.74) is 4.59. The third-order valence-electron chi connectivity index (χ3n) is 3.94. The minimum Gasteiger partial charge on any atom is -0.0763 e. The van der Waals surface area contributed by atoms with Gasteiger partial charge in [0, 0.05) is 0 Å². The van der Waals surface area contributed by atoms with E-state index in [0.29, 0.717) is 0 Å². The summed E-state index contributed by atoms with van der Waals surface area (Å²) in [6.07, 6.45) is 8.78. The van der Waals surface area contributed by atoms with Crippen molar-refractivity contribution >= 4 is 16.3 Å². The normalized spacial score (nSPS) is 13.7. The fraction of sp³-hybridized carbons (Fsp3) is 0.333. The molecule has 0 radical (unpaired) electrons. The summed E-state index contributed by atoms with van der Waals surface area (Å²) >= 11 is 0. The van der Waals surface area contributed by atoms with Gasteiger partial charge in [-0.25, -0.2) is 0 Å². The predicted octanol–water partition coefficient (Wildman–Crippen LogP) is 5.36. The van der Waals surface area contributed by atoms with Crippen molar-refractivity contribution in [3.8, 4) is 0 Å². The Morgan fingerprint density at radius 2 is 1.78 bits per heavy atom. The van der Waals surface area contributed by atoms with Crippen molar-refractivity contribution < 1.29 is 0 Å². The van der Waals surface area contributed by atoms with Crippen molar-refractivity contribution in [2.24, 2.45) is 0 Å². The molecule has 0 aliphatic heterocycles. The van der Waals surface area contributed by atoms with E-state index in [4.69, 9.17) is 0 Å². The minimum absolute atomic E-state index is 1.13. The molecule has 0 fully saturated rings. The molecule has 0 saturated carbocycles. The molecule has 0 saturated heterocycles. The van der Waals surface area contributed by atoms with E-state index in [9.17, 15) is 0 Å². The predicted molar refractivity (Wildman–Crippen MR) is 79.8 cm³/mol. The molecule has 3 rings (SSSR count). The fourth-order valence-electron chi connectivity index (χ4n) is 2.90. The Bertz CT molecular complexity index is 590. The molecular weight excluding hydrogens is 216 g/mol. The average molecular weight is 236 g/mol. The molecule has 0 aromatic heterocycles. The van der Waals surface area contributed by atoms with Crippen molar-refractivity contribution in [2.45, 2.75) is 39.0 Å². The largest absolute Gasteiger partial charge is 0.0763 e. The Labute approximate surface area is 109 Å². The second-order valence-electron chi connectivity index (χ2n) is 5.25. The summed E-state index contributed by atoms with van der Waals surface area (Å²) in [7, 11) is 0. The lowest BCUT2D eigenvalue weighted by atomic mass is 9.97. The molecule has 0 bridgehead atoms. The van der Waals surface area contributed by atoms with Gasteiger partial charge in [0.1, 0.15) is 0 Å². The van der Waals surface area contributed by atoms with E-state index in [0.717, 1.165) is 6.42 Å². The van der Waals surface area contributed by atoms with Crippen LogP contribution in [-0.2, 0) is 6.42 Å². The van der Waals surface area contributed by atoms with Crippen LogP contribution >= 0.6 is 0 Å². The summed E-state index contributed by atoms with van der Waals surface area (Å²) in [6.45, 7) is 2.27. The van der Waals surface area contributed by atoms with Gasteiger partial charge in [-0.1, -0.05) is 56.2 Å². The number of rotatable bonds is 4. The number of hydrogen-bond donors (Lipinski definition) is 0. The quantitative estimate of drug-likeness (QED) is 0.627. The molecule has 2 aromatic rings. The third-order valence-corrected chi connectivity index (χ3v) is 3.94. The Hall–Kier alpha value is -1.56. The van der Waals surface area contributed by atoms with Crippen molar-refractivity contribution in [1.29, 1.82) is 0 Å². The van der Waals surface area contributed by atoms with Gasteiger partial charge in [0.2, 0.25) is 0 Å². The van der Waals surface area contributed by atoms with Crippen LogP contribution in [0.25, 0.3) is 16.3 Å². The first-order valence-electron chi connectivity index (χ1n) is 7.09. The van der Waals surface area contributed by atoms with Crippen LogP contribution in [-0.4, -0.2) is 0 Å². The van der Waals surface area contributed by atoms with E-state index in [1.807, 2.05) is 0 Å². The molecule has 0 N–H and O–H groups in total. The van der Waals surface area contributed by atoms with Gasteiger partial charge in [0.15, 0.2) is 0 Å². The molecule has 0 spiro atoms. The van der Waals surface area contributed by atoms with Gasteiger partial charge in [-0.15, -0.1) is 0 Å². The lowest BCUT2D eigenvalue weighted by Crippen LogP contribution is -1.87. The molecular formula is C18H20. The highest BCUT2D eigenvalue weighted by Gasteiger charge is 2.14. The molecule has 0 amide bonds. The molecule has 1 aliphatic carbocycles. The van der Waals surface area contributed by atoms with Crippen LogP contribution < -0.4 is 0 Å². The molecule has 18 heavy (non-hydrogen) atoms. The maximum atomic E-state index is 2.43. The molecule has 0 atom stereocenters. The maximum absolute atomic E-state index is 2.43. The lowest BCUT2D eigenvalue weighted by molar-refractivity contribution is 0.736. The highest BCUT2D eigenvalue weighted by molar-refractivity contribution is 5.89. The topological polar surface area (TPSA) is 0 Å². The molecule has 0 nitrogen and oxygen atoms in total. The van der Waals surface area contributed by atoms with Crippen molar-refractivity contribution in [3.05, 3.63) is 53.6 Å². The molecule has 0 heteroatoms. The molecule has 2 aromatic carbocycles. The first-order chi connectivity index (χ1) is 8.88. The zero-order chi connectivity index (χ0) is 12.4. The lowest BCUT2D eigenvalue weighted by Gasteiger charge is -2.08. The number of allylic oxidation sites excluding steroid dienone is 2. The maximum Gasteiger partial charge on any atom is -0.00851 e. The molecule has 1 aliphatic rings. The van der Waals surface area contributed by atoms with Crippen molar-refractivity contribution in [1.82, 2.24) is 0 Å². The smallest absolute Gasteiger partial charge is 0.00851 e. The first-order valence-corrected chi connectivity index (χ1v) is 7.09. The van der Waals surface area contributed by atoms with Gasteiger partial charge in [0.05, 0.1) is 0 Å². The van der Waals surface area contributed by atoms with Crippen LogP contribution in [0.5, 0.6) is 0 Å². The van der Waals surface area contributed by atoms with E-state index in [1.54, 1.807) is 5.57 Å². The van der Waals surface area contributed by atoms with Gasteiger partial charge in [0.25, 0.3) is 0 Å². The van der Waals surface area contributed by atoms with Crippen LogP contribution in [0, 0.1) is 0 Å². The Balaban J connectivity index is 1.91. The Morgan fingerprint density at radius 3 is 2.56 bits per heavy atom. The zero-order valence-corrected chi connectivity index (χ0v) is 11.1. The van der Waals surface area contributed by atoms with Crippen LogP contribution in [0.15, 0.2) is 42.5 Å². The van der Waals surface area contributed by atoms with Crippen LogP contribution in [0.3, 0.4) is 0 Å². The number of benzene rings is 2. The molecule has 0 unspecified atom stereocenters. The van der Waals surface area contributed by atoms with Crippen LogP contribution in [0.4, 0.5) is 0 Å². The van der Waals surface area contributed by atoms with Gasteiger partial charge < -0.3 is 0 Å². The molecule has 0 heterocycles. The summed E-state index contributed by atoms with van der Waals surface area (Å²) in [5.74, 6) is 0. The van der Waals surface area contributed by atoms with E-state index < -0.39 is 0 Å². The summed E-state index contributed by atoms with van der Waals surface area (Å²) in [6, 6.07) is 13.4. The van der Waals surface area contributed by atoms with E-state index in [-0.39, 0.29) is 0 Å². The van der Waals surface area contributed by atoms with Gasteiger partial charge in [-0.05, 0) is 52.8 Å². The fourth-order valence-corrected chi connectivity index (χ4v) is 2.90. The highest BCUT2D eigenvalue weighted by Crippen LogP contribution is 2.34. The van der Waals surface area contributed by atoms with E-state index in [2.05, 4.69) is 49.4 Å². The summed E-state index contributed by atoms with van der Waals surface area (Å²) in [4.78, 5) is 0. The standard InChI is InChI=1S/C18H20/c1-2-3-4-7-14-10-11-17-12-15-8-5-6-9-16(15)13-18(14)17/h5-6,8-10,12-13H,2-4,7,11H2,1H3. The monoisotopic (exact) mass is 236 g/mol. The van der Waals surface area contributed by atoms with Crippen LogP contribution in [0.1, 0.15) is 43.7 Å². The van der Waals surface area contributed by atoms with Crippen molar-refractivity contribution in [2.75, 3.05) is 0 Å². The van der Waals surface area contributed by atoms with Gasteiger partial charge in [-0.3, -0.25) is 0 Å². The SMILES string of the molecule is CCCCCC1=CCc2cc3ccccc3cc21. The average Bonchev–Trinajstić information content (AvgIpc) is 2.79. The zero-order valence-electron chi connectivity index (χ0n) is 11.1. The van der Waals surface area contributed by atoms with Gasteiger partial charge in [-0.2, -0.15) is 0 Å². The highest BCUT2D eigenvalue weighted by atomic mass is 14.2. The Kier molecular flexibility index (Phi) is 3.19. The van der Waals surface area contributed by atoms with E-state index in [1.165, 1.54) is 47.6 Å².